The lowest BCUT2D eigenvalue weighted by Crippen LogP contribution is -2.46. The van der Waals surface area contributed by atoms with Crippen LogP contribution in [-0.2, 0) is 11.2 Å². The molecule has 0 aliphatic heterocycles. The maximum atomic E-state index is 13.4. The SMILES string of the molecule is CCC(C(=O)O)c1ccc(Sc2ccc(N(CCCc3ccccc3)C(=O)NC3CCCCC3)cc2)cc1. The predicted molar refractivity (Wildman–Crippen MR) is 155 cm³/mol. The Balaban J connectivity index is 1.42. The maximum absolute atomic E-state index is 13.4. The van der Waals surface area contributed by atoms with Crippen molar-refractivity contribution in [3.8, 4) is 0 Å². The van der Waals surface area contributed by atoms with Crippen molar-refractivity contribution in [2.24, 2.45) is 0 Å². The molecule has 2 N–H and O–H groups in total. The standard InChI is InChI=1S/C32H38N2O3S/c1-2-30(31(35)36)25-15-19-28(20-16-25)38-29-21-17-27(18-22-29)34(23-9-12-24-10-5-3-6-11-24)32(37)33-26-13-7-4-8-14-26/h3,5-6,10-11,15-22,26,30H,2,4,7-9,12-14,23H2,1H3,(H,33,37)(H,35,36). The molecule has 1 atom stereocenters. The number of carbonyl (C=O) groups is 2. The molecule has 1 aliphatic rings. The summed E-state index contributed by atoms with van der Waals surface area (Å²) in [5.74, 6) is -1.26. The van der Waals surface area contributed by atoms with E-state index in [0.29, 0.717) is 13.0 Å². The fraction of sp³-hybridized carbons (Fsp3) is 0.375. The van der Waals surface area contributed by atoms with Crippen molar-refractivity contribution in [3.05, 3.63) is 90.0 Å². The molecule has 2 amide bonds. The van der Waals surface area contributed by atoms with E-state index in [1.807, 2.05) is 54.3 Å². The van der Waals surface area contributed by atoms with Crippen LogP contribution in [0.25, 0.3) is 0 Å². The first-order valence-corrected chi connectivity index (χ1v) is 14.6. The van der Waals surface area contributed by atoms with Crippen LogP contribution in [0.15, 0.2) is 88.7 Å². The smallest absolute Gasteiger partial charge is 0.322 e. The highest BCUT2D eigenvalue weighted by Gasteiger charge is 2.21. The Labute approximate surface area is 230 Å². The van der Waals surface area contributed by atoms with E-state index < -0.39 is 11.9 Å². The van der Waals surface area contributed by atoms with Crippen LogP contribution in [0.5, 0.6) is 0 Å². The zero-order valence-electron chi connectivity index (χ0n) is 22.1. The van der Waals surface area contributed by atoms with Gasteiger partial charge < -0.3 is 10.4 Å². The summed E-state index contributed by atoms with van der Waals surface area (Å²) in [6.07, 6.45) is 8.13. The Morgan fingerprint density at radius 3 is 2.16 bits per heavy atom. The van der Waals surface area contributed by atoms with Crippen LogP contribution in [0.2, 0.25) is 0 Å². The first kappa shape index (κ1) is 27.8. The van der Waals surface area contributed by atoms with Crippen molar-refractivity contribution in [1.82, 2.24) is 5.32 Å². The molecular formula is C32H38N2O3S. The quantitative estimate of drug-likeness (QED) is 0.264. The molecule has 1 saturated carbocycles. The van der Waals surface area contributed by atoms with Gasteiger partial charge in [0.25, 0.3) is 0 Å². The van der Waals surface area contributed by atoms with Gasteiger partial charge in [-0.15, -0.1) is 0 Å². The van der Waals surface area contributed by atoms with Crippen LogP contribution in [0.4, 0.5) is 10.5 Å². The lowest BCUT2D eigenvalue weighted by atomic mass is 9.96. The first-order valence-electron chi connectivity index (χ1n) is 13.8. The van der Waals surface area contributed by atoms with Crippen molar-refractivity contribution in [2.45, 2.75) is 80.0 Å². The van der Waals surface area contributed by atoms with Gasteiger partial charge in [-0.1, -0.05) is 80.4 Å². The lowest BCUT2D eigenvalue weighted by Gasteiger charge is -2.28. The second kappa shape index (κ2) is 14.1. The predicted octanol–water partition coefficient (Wildman–Crippen LogP) is 7.90. The fourth-order valence-electron chi connectivity index (χ4n) is 5.08. The van der Waals surface area contributed by atoms with Gasteiger partial charge in [0.15, 0.2) is 0 Å². The summed E-state index contributed by atoms with van der Waals surface area (Å²) >= 11 is 1.63. The molecule has 38 heavy (non-hydrogen) atoms. The van der Waals surface area contributed by atoms with E-state index in [9.17, 15) is 14.7 Å². The minimum absolute atomic E-state index is 0.00939. The summed E-state index contributed by atoms with van der Waals surface area (Å²) < 4.78 is 0. The fourth-order valence-corrected chi connectivity index (χ4v) is 5.90. The van der Waals surface area contributed by atoms with Crippen molar-refractivity contribution >= 4 is 29.4 Å². The second-order valence-electron chi connectivity index (χ2n) is 9.99. The first-order chi connectivity index (χ1) is 18.5. The minimum atomic E-state index is -0.788. The van der Waals surface area contributed by atoms with Crippen LogP contribution < -0.4 is 10.2 Å². The van der Waals surface area contributed by atoms with Gasteiger partial charge in [-0.2, -0.15) is 0 Å². The van der Waals surface area contributed by atoms with E-state index in [2.05, 4.69) is 41.7 Å². The normalized spacial score (nSPS) is 14.6. The molecule has 1 fully saturated rings. The molecule has 0 aromatic heterocycles. The Bertz CT molecular complexity index is 1160. The summed E-state index contributed by atoms with van der Waals surface area (Å²) in [6, 6.07) is 26.6. The third-order valence-electron chi connectivity index (χ3n) is 7.24. The second-order valence-corrected chi connectivity index (χ2v) is 11.1. The van der Waals surface area contributed by atoms with Gasteiger partial charge >= 0.3 is 12.0 Å². The van der Waals surface area contributed by atoms with Gasteiger partial charge in [0, 0.05) is 28.1 Å². The summed E-state index contributed by atoms with van der Waals surface area (Å²) in [4.78, 5) is 28.8. The van der Waals surface area contributed by atoms with Gasteiger partial charge in [-0.05, 0) is 79.6 Å². The monoisotopic (exact) mass is 530 g/mol. The molecule has 0 heterocycles. The maximum Gasteiger partial charge on any atom is 0.322 e. The summed E-state index contributed by atoms with van der Waals surface area (Å²) in [5, 5.41) is 12.7. The summed E-state index contributed by atoms with van der Waals surface area (Å²) in [6.45, 7) is 2.55. The topological polar surface area (TPSA) is 69.6 Å². The Morgan fingerprint density at radius 1 is 0.921 bits per heavy atom. The Morgan fingerprint density at radius 2 is 1.55 bits per heavy atom. The highest BCUT2D eigenvalue weighted by molar-refractivity contribution is 7.99. The number of aryl methyl sites for hydroxylation is 1. The zero-order valence-corrected chi connectivity index (χ0v) is 23.0. The Kier molecular flexibility index (Phi) is 10.3. The average Bonchev–Trinajstić information content (AvgIpc) is 2.94. The molecule has 3 aromatic carbocycles. The molecule has 1 unspecified atom stereocenters. The number of hydrogen-bond acceptors (Lipinski definition) is 3. The van der Waals surface area contributed by atoms with Gasteiger partial charge in [0.2, 0.25) is 0 Å². The minimum Gasteiger partial charge on any atom is -0.481 e. The summed E-state index contributed by atoms with van der Waals surface area (Å²) in [7, 11) is 0. The third kappa shape index (κ3) is 7.87. The van der Waals surface area contributed by atoms with E-state index in [1.165, 1.54) is 24.8 Å². The average molecular weight is 531 g/mol. The van der Waals surface area contributed by atoms with Gasteiger partial charge in [-0.25, -0.2) is 4.79 Å². The molecule has 0 saturated heterocycles. The molecule has 4 rings (SSSR count). The number of amides is 2. The number of hydrogen-bond donors (Lipinski definition) is 2. The highest BCUT2D eigenvalue weighted by atomic mass is 32.2. The summed E-state index contributed by atoms with van der Waals surface area (Å²) in [5.41, 5.74) is 3.01. The molecule has 0 bridgehead atoms. The van der Waals surface area contributed by atoms with Crippen molar-refractivity contribution in [3.63, 3.8) is 0 Å². The van der Waals surface area contributed by atoms with Crippen LogP contribution >= 0.6 is 11.8 Å². The van der Waals surface area contributed by atoms with E-state index in [1.54, 1.807) is 11.8 Å². The van der Waals surface area contributed by atoms with Crippen LogP contribution in [-0.4, -0.2) is 29.7 Å². The van der Waals surface area contributed by atoms with E-state index in [-0.39, 0.29) is 12.1 Å². The molecule has 6 heteroatoms. The Hall–Kier alpha value is -3.25. The molecule has 0 radical (unpaired) electrons. The lowest BCUT2D eigenvalue weighted by molar-refractivity contribution is -0.138. The highest BCUT2D eigenvalue weighted by Crippen LogP contribution is 2.31. The number of anilines is 1. The van der Waals surface area contributed by atoms with Gasteiger partial charge in [0.05, 0.1) is 5.92 Å². The number of nitrogens with zero attached hydrogens (tertiary/aromatic N) is 1. The zero-order chi connectivity index (χ0) is 26.7. The number of nitrogens with one attached hydrogen (secondary N) is 1. The van der Waals surface area contributed by atoms with Gasteiger partial charge in [-0.3, -0.25) is 9.69 Å². The molecule has 3 aromatic rings. The van der Waals surface area contributed by atoms with Crippen LogP contribution in [0, 0.1) is 0 Å². The number of carboxylic acids is 1. The van der Waals surface area contributed by atoms with Gasteiger partial charge in [0.1, 0.15) is 0 Å². The molecule has 5 nitrogen and oxygen atoms in total. The van der Waals surface area contributed by atoms with E-state index >= 15 is 0 Å². The van der Waals surface area contributed by atoms with E-state index in [4.69, 9.17) is 0 Å². The van der Waals surface area contributed by atoms with Crippen molar-refractivity contribution in [1.29, 1.82) is 0 Å². The largest absolute Gasteiger partial charge is 0.481 e. The molecular weight excluding hydrogens is 492 g/mol. The number of rotatable bonds is 11. The molecule has 200 valence electrons. The number of carboxylic acid groups (broad SMARTS) is 1. The number of urea groups is 1. The van der Waals surface area contributed by atoms with Crippen molar-refractivity contribution in [2.75, 3.05) is 11.4 Å². The number of benzene rings is 3. The molecule has 1 aliphatic carbocycles. The number of aliphatic carboxylic acids is 1. The van der Waals surface area contributed by atoms with Crippen LogP contribution in [0.1, 0.15) is 68.9 Å². The number of carbonyl (C=O) groups excluding carboxylic acids is 1. The van der Waals surface area contributed by atoms with Crippen LogP contribution in [0.3, 0.4) is 0 Å². The van der Waals surface area contributed by atoms with E-state index in [0.717, 1.165) is 46.7 Å². The van der Waals surface area contributed by atoms with Crippen molar-refractivity contribution < 1.29 is 14.7 Å². The third-order valence-corrected chi connectivity index (χ3v) is 8.26. The molecule has 0 spiro atoms.